The highest BCUT2D eigenvalue weighted by Gasteiger charge is 2.32. The molecular weight excluding hydrogens is 312 g/mol. The van der Waals surface area contributed by atoms with Crippen LogP contribution in [0, 0.1) is 29.1 Å². The number of fused-ring (bicyclic) bond motifs is 1. The van der Waals surface area contributed by atoms with Crippen molar-refractivity contribution in [2.45, 2.75) is 136 Å². The van der Waals surface area contributed by atoms with E-state index >= 15 is 0 Å². The number of hydrogen-bond acceptors (Lipinski definition) is 0. The first kappa shape index (κ1) is 20.7. The lowest BCUT2D eigenvalue weighted by Crippen LogP contribution is -2.28. The summed E-state index contributed by atoms with van der Waals surface area (Å²) in [6.07, 6.45) is 29.1. The molecule has 0 aliphatic heterocycles. The Balaban J connectivity index is 1.72. The molecule has 0 amide bonds. The van der Waals surface area contributed by atoms with Crippen molar-refractivity contribution in [3.63, 3.8) is 0 Å². The monoisotopic (exact) mass is 360 g/mol. The van der Waals surface area contributed by atoms with E-state index in [9.17, 15) is 0 Å². The predicted molar refractivity (Wildman–Crippen MR) is 115 cm³/mol. The van der Waals surface area contributed by atoms with Crippen LogP contribution in [0.5, 0.6) is 0 Å². The van der Waals surface area contributed by atoms with Crippen LogP contribution in [0.3, 0.4) is 0 Å². The Morgan fingerprint density at radius 2 is 0.846 bits per heavy atom. The van der Waals surface area contributed by atoms with Crippen LogP contribution in [0.15, 0.2) is 0 Å². The molecule has 0 radical (unpaired) electrons. The summed E-state index contributed by atoms with van der Waals surface area (Å²) in [5.41, 5.74) is 0.592. The van der Waals surface area contributed by atoms with Crippen molar-refractivity contribution >= 4 is 0 Å². The molecule has 0 aromatic rings. The molecule has 0 heteroatoms. The van der Waals surface area contributed by atoms with Crippen LogP contribution < -0.4 is 0 Å². The summed E-state index contributed by atoms with van der Waals surface area (Å²) >= 11 is 0. The topological polar surface area (TPSA) is 0 Å². The Hall–Kier alpha value is 0. The fourth-order valence-electron chi connectivity index (χ4n) is 6.77. The van der Waals surface area contributed by atoms with Crippen molar-refractivity contribution in [3.8, 4) is 0 Å². The second-order valence-electron chi connectivity index (χ2n) is 11.2. The van der Waals surface area contributed by atoms with Crippen molar-refractivity contribution in [2.24, 2.45) is 29.1 Å². The Kier molecular flexibility index (Phi) is 8.39. The van der Waals surface area contributed by atoms with Gasteiger partial charge in [0.05, 0.1) is 0 Å². The van der Waals surface area contributed by atoms with Crippen LogP contribution in [0.2, 0.25) is 0 Å². The standard InChI is InChI=1S/C26H48/c1-26(2)19-12-17-25(22-13-10-7-11-14-22)21-24-16-9-6-4-3-5-8-15-23(24)18-20-26/h22-25H,3-21H2,1-2H3. The van der Waals surface area contributed by atoms with E-state index in [1.165, 1.54) is 83.5 Å². The predicted octanol–water partition coefficient (Wildman–Crippen LogP) is 8.93. The average molecular weight is 361 g/mol. The molecule has 0 saturated heterocycles. The summed E-state index contributed by atoms with van der Waals surface area (Å²) in [7, 11) is 0. The van der Waals surface area contributed by atoms with E-state index in [0.717, 1.165) is 23.7 Å². The third-order valence-electron chi connectivity index (χ3n) is 8.61. The minimum Gasteiger partial charge on any atom is -0.0599 e. The van der Waals surface area contributed by atoms with E-state index in [-0.39, 0.29) is 0 Å². The maximum Gasteiger partial charge on any atom is -0.0354 e. The summed E-state index contributed by atoms with van der Waals surface area (Å²) in [6, 6.07) is 0. The molecule has 3 rings (SSSR count). The summed E-state index contributed by atoms with van der Waals surface area (Å²) in [6.45, 7) is 5.14. The van der Waals surface area contributed by atoms with Gasteiger partial charge in [-0.2, -0.15) is 0 Å². The molecule has 3 aliphatic carbocycles. The molecule has 3 aliphatic rings. The minimum absolute atomic E-state index is 0.592. The van der Waals surface area contributed by atoms with Gasteiger partial charge < -0.3 is 0 Å². The van der Waals surface area contributed by atoms with Crippen molar-refractivity contribution in [1.82, 2.24) is 0 Å². The summed E-state index contributed by atoms with van der Waals surface area (Å²) < 4.78 is 0. The third-order valence-corrected chi connectivity index (χ3v) is 8.61. The van der Waals surface area contributed by atoms with E-state index in [1.807, 2.05) is 0 Å². The molecule has 0 nitrogen and oxygen atoms in total. The van der Waals surface area contributed by atoms with Gasteiger partial charge >= 0.3 is 0 Å². The summed E-state index contributed by atoms with van der Waals surface area (Å²) in [4.78, 5) is 0. The number of hydrogen-bond donors (Lipinski definition) is 0. The molecule has 0 aromatic heterocycles. The molecule has 3 unspecified atom stereocenters. The van der Waals surface area contributed by atoms with E-state index in [0.29, 0.717) is 5.41 Å². The molecule has 0 heterocycles. The highest BCUT2D eigenvalue weighted by molar-refractivity contribution is 4.84. The summed E-state index contributed by atoms with van der Waals surface area (Å²) in [5, 5.41) is 0. The Morgan fingerprint density at radius 3 is 1.46 bits per heavy atom. The van der Waals surface area contributed by atoms with Gasteiger partial charge in [0.15, 0.2) is 0 Å². The second-order valence-corrected chi connectivity index (χ2v) is 11.2. The third kappa shape index (κ3) is 6.56. The second kappa shape index (κ2) is 10.5. The molecule has 26 heavy (non-hydrogen) atoms. The molecule has 0 N–H and O–H groups in total. The van der Waals surface area contributed by atoms with Crippen LogP contribution in [-0.4, -0.2) is 0 Å². The molecule has 0 bridgehead atoms. The summed E-state index contributed by atoms with van der Waals surface area (Å²) in [5.74, 6) is 4.27. The zero-order chi connectivity index (χ0) is 18.2. The van der Waals surface area contributed by atoms with Gasteiger partial charge in [-0.05, 0) is 54.8 Å². The molecule has 3 saturated carbocycles. The lowest BCUT2D eigenvalue weighted by atomic mass is 9.66. The van der Waals surface area contributed by atoms with Gasteiger partial charge in [0.2, 0.25) is 0 Å². The fourth-order valence-corrected chi connectivity index (χ4v) is 6.77. The lowest BCUT2D eigenvalue weighted by Gasteiger charge is -2.39. The van der Waals surface area contributed by atoms with Crippen LogP contribution >= 0.6 is 0 Å². The Bertz CT molecular complexity index is 375. The average Bonchev–Trinajstić information content (AvgIpc) is 2.65. The van der Waals surface area contributed by atoms with Gasteiger partial charge in [0.25, 0.3) is 0 Å². The van der Waals surface area contributed by atoms with E-state index < -0.39 is 0 Å². The van der Waals surface area contributed by atoms with Crippen molar-refractivity contribution in [2.75, 3.05) is 0 Å². The zero-order valence-corrected chi connectivity index (χ0v) is 18.2. The zero-order valence-electron chi connectivity index (χ0n) is 18.2. The van der Waals surface area contributed by atoms with Crippen LogP contribution in [0.25, 0.3) is 0 Å². The molecule has 3 atom stereocenters. The SMILES string of the molecule is CC1(C)CCCC(C2CCCCC2)CC2CCCCCCCCC2CC1. The first-order chi connectivity index (χ1) is 12.6. The largest absolute Gasteiger partial charge is 0.0599 e. The molecule has 0 aromatic carbocycles. The number of rotatable bonds is 1. The normalized spacial score (nSPS) is 36.0. The van der Waals surface area contributed by atoms with Crippen LogP contribution in [-0.2, 0) is 0 Å². The van der Waals surface area contributed by atoms with Crippen LogP contribution in [0.1, 0.15) is 136 Å². The van der Waals surface area contributed by atoms with Gasteiger partial charge in [-0.3, -0.25) is 0 Å². The minimum atomic E-state index is 0.592. The van der Waals surface area contributed by atoms with Gasteiger partial charge in [0.1, 0.15) is 0 Å². The Morgan fingerprint density at radius 1 is 0.423 bits per heavy atom. The smallest absolute Gasteiger partial charge is 0.0354 e. The van der Waals surface area contributed by atoms with Crippen molar-refractivity contribution in [3.05, 3.63) is 0 Å². The quantitative estimate of drug-likeness (QED) is 0.437. The maximum atomic E-state index is 2.57. The fraction of sp³-hybridized carbons (Fsp3) is 1.00. The van der Waals surface area contributed by atoms with Gasteiger partial charge in [-0.1, -0.05) is 110 Å². The highest BCUT2D eigenvalue weighted by atomic mass is 14.4. The first-order valence-electron chi connectivity index (χ1n) is 12.6. The first-order valence-corrected chi connectivity index (χ1v) is 12.6. The van der Waals surface area contributed by atoms with Gasteiger partial charge in [-0.15, -0.1) is 0 Å². The molecular formula is C26H48. The maximum absolute atomic E-state index is 2.57. The van der Waals surface area contributed by atoms with Crippen molar-refractivity contribution in [1.29, 1.82) is 0 Å². The molecule has 0 spiro atoms. The van der Waals surface area contributed by atoms with E-state index in [2.05, 4.69) is 13.8 Å². The van der Waals surface area contributed by atoms with E-state index in [4.69, 9.17) is 0 Å². The van der Waals surface area contributed by atoms with Crippen LogP contribution in [0.4, 0.5) is 0 Å². The van der Waals surface area contributed by atoms with E-state index in [1.54, 1.807) is 38.5 Å². The van der Waals surface area contributed by atoms with Gasteiger partial charge in [0, 0.05) is 0 Å². The lowest BCUT2D eigenvalue weighted by molar-refractivity contribution is 0.121. The molecule has 152 valence electrons. The highest BCUT2D eigenvalue weighted by Crippen LogP contribution is 2.44. The van der Waals surface area contributed by atoms with Crippen molar-refractivity contribution < 1.29 is 0 Å². The molecule has 3 fully saturated rings. The van der Waals surface area contributed by atoms with Gasteiger partial charge in [-0.25, -0.2) is 0 Å². The Labute approximate surface area is 165 Å².